The fourth-order valence-corrected chi connectivity index (χ4v) is 5.23. The SMILES string of the molecule is Cc1cc([C@](C)(O)C#Cc2cccc([C@@](O)(c3ccc(C(C)C)cc3)C3(C)CN(C)C3)c2)nn1C. The first-order valence-corrected chi connectivity index (χ1v) is 12.2. The molecular weight excluding hydrogens is 434 g/mol. The highest BCUT2D eigenvalue weighted by atomic mass is 16.3. The molecule has 0 spiro atoms. The minimum absolute atomic E-state index is 0.343. The summed E-state index contributed by atoms with van der Waals surface area (Å²) in [4.78, 5) is 2.23. The summed E-state index contributed by atoms with van der Waals surface area (Å²) >= 11 is 0. The molecule has 0 saturated carbocycles. The van der Waals surface area contributed by atoms with Crippen LogP contribution >= 0.6 is 0 Å². The van der Waals surface area contributed by atoms with Crippen molar-refractivity contribution in [3.05, 3.63) is 88.2 Å². The van der Waals surface area contributed by atoms with Crippen molar-refractivity contribution >= 4 is 0 Å². The number of nitrogens with zero attached hydrogens (tertiary/aromatic N) is 3. The van der Waals surface area contributed by atoms with Crippen molar-refractivity contribution in [2.45, 2.75) is 51.7 Å². The molecular formula is C30H37N3O2. The molecule has 1 aliphatic heterocycles. The van der Waals surface area contributed by atoms with E-state index < -0.39 is 11.2 Å². The topological polar surface area (TPSA) is 61.5 Å². The Morgan fingerprint density at radius 1 is 1.00 bits per heavy atom. The van der Waals surface area contributed by atoms with Gasteiger partial charge < -0.3 is 15.1 Å². The molecule has 2 heterocycles. The van der Waals surface area contributed by atoms with Crippen LogP contribution in [0.1, 0.15) is 67.3 Å². The minimum Gasteiger partial charge on any atom is -0.380 e. The first-order valence-electron chi connectivity index (χ1n) is 12.2. The highest BCUT2D eigenvalue weighted by Crippen LogP contribution is 2.50. The molecule has 0 amide bonds. The Hall–Kier alpha value is -2.91. The van der Waals surface area contributed by atoms with Gasteiger partial charge in [0, 0.05) is 36.8 Å². The Labute approximate surface area is 209 Å². The van der Waals surface area contributed by atoms with E-state index >= 15 is 0 Å². The predicted octanol–water partition coefficient (Wildman–Crippen LogP) is 4.30. The Kier molecular flexibility index (Phi) is 6.44. The molecule has 2 atom stereocenters. The van der Waals surface area contributed by atoms with E-state index in [1.807, 2.05) is 44.3 Å². The van der Waals surface area contributed by atoms with Gasteiger partial charge in [-0.15, -0.1) is 0 Å². The van der Waals surface area contributed by atoms with Gasteiger partial charge in [0.2, 0.25) is 0 Å². The zero-order valence-electron chi connectivity index (χ0n) is 21.9. The molecule has 5 nitrogen and oxygen atoms in total. The molecule has 1 saturated heterocycles. The van der Waals surface area contributed by atoms with E-state index in [0.717, 1.165) is 35.5 Å². The van der Waals surface area contributed by atoms with Crippen LogP contribution in [0, 0.1) is 24.2 Å². The van der Waals surface area contributed by atoms with Gasteiger partial charge in [-0.3, -0.25) is 4.68 Å². The van der Waals surface area contributed by atoms with Crippen molar-refractivity contribution in [2.24, 2.45) is 12.5 Å². The minimum atomic E-state index is -1.38. The summed E-state index contributed by atoms with van der Waals surface area (Å²) in [6.45, 7) is 11.7. The zero-order chi connectivity index (χ0) is 25.6. The van der Waals surface area contributed by atoms with Crippen LogP contribution in [0.15, 0.2) is 54.6 Å². The molecule has 0 unspecified atom stereocenters. The smallest absolute Gasteiger partial charge is 0.167 e. The molecule has 0 bridgehead atoms. The largest absolute Gasteiger partial charge is 0.380 e. The molecule has 4 rings (SSSR count). The average Bonchev–Trinajstić information content (AvgIpc) is 3.15. The van der Waals surface area contributed by atoms with E-state index in [1.54, 1.807) is 11.6 Å². The van der Waals surface area contributed by atoms with Gasteiger partial charge in [-0.1, -0.05) is 69.0 Å². The number of aromatic nitrogens is 2. The van der Waals surface area contributed by atoms with Gasteiger partial charge in [-0.2, -0.15) is 5.10 Å². The maximum Gasteiger partial charge on any atom is 0.167 e. The van der Waals surface area contributed by atoms with E-state index in [1.165, 1.54) is 5.56 Å². The van der Waals surface area contributed by atoms with Crippen LogP contribution in [0.25, 0.3) is 0 Å². The quantitative estimate of drug-likeness (QED) is 0.545. The van der Waals surface area contributed by atoms with E-state index in [0.29, 0.717) is 11.6 Å². The molecule has 3 aromatic rings. The van der Waals surface area contributed by atoms with Gasteiger partial charge in [0.15, 0.2) is 5.60 Å². The number of benzene rings is 2. The molecule has 0 aliphatic carbocycles. The Bertz CT molecular complexity index is 1250. The third-order valence-corrected chi connectivity index (χ3v) is 7.45. The van der Waals surface area contributed by atoms with Crippen molar-refractivity contribution < 1.29 is 10.2 Å². The molecule has 184 valence electrons. The number of rotatable bonds is 5. The zero-order valence-corrected chi connectivity index (χ0v) is 21.9. The van der Waals surface area contributed by atoms with Crippen LogP contribution in [0.5, 0.6) is 0 Å². The van der Waals surface area contributed by atoms with Gasteiger partial charge in [0.05, 0.1) is 0 Å². The van der Waals surface area contributed by atoms with Crippen LogP contribution in [-0.2, 0) is 18.2 Å². The van der Waals surface area contributed by atoms with Gasteiger partial charge in [-0.25, -0.2) is 0 Å². The second-order valence-electron chi connectivity index (χ2n) is 10.9. The molecule has 1 aromatic heterocycles. The lowest BCUT2D eigenvalue weighted by Crippen LogP contribution is -2.63. The molecule has 5 heteroatoms. The molecule has 35 heavy (non-hydrogen) atoms. The maximum absolute atomic E-state index is 12.4. The molecule has 2 aromatic carbocycles. The summed E-state index contributed by atoms with van der Waals surface area (Å²) in [5, 5.41) is 27.8. The number of hydrogen-bond donors (Lipinski definition) is 2. The van der Waals surface area contributed by atoms with Crippen molar-refractivity contribution in [1.29, 1.82) is 0 Å². The summed E-state index contributed by atoms with van der Waals surface area (Å²) in [7, 11) is 3.92. The number of likely N-dealkylation sites (tertiary alicyclic amines) is 1. The standard InChI is InChI=1S/C30H37N3O2/c1-21(2)24-11-13-25(14-12-24)30(35,28(4)19-32(6)20-28)26-10-8-9-23(18-26)15-16-29(5,34)27-17-22(3)33(7)31-27/h8-14,17-18,21,34-35H,19-20H2,1-7H3/t29-,30+/m1/s1. The fraction of sp³-hybridized carbons (Fsp3) is 0.433. The van der Waals surface area contributed by atoms with Gasteiger partial charge in [0.25, 0.3) is 0 Å². The summed E-state index contributed by atoms with van der Waals surface area (Å²) in [5.41, 5.74) is 2.27. The van der Waals surface area contributed by atoms with Crippen molar-refractivity contribution in [1.82, 2.24) is 14.7 Å². The summed E-state index contributed by atoms with van der Waals surface area (Å²) in [5.74, 6) is 6.54. The first kappa shape index (κ1) is 25.2. The predicted molar refractivity (Wildman–Crippen MR) is 140 cm³/mol. The Morgan fingerprint density at radius 2 is 1.66 bits per heavy atom. The number of aliphatic hydroxyl groups is 2. The third-order valence-electron chi connectivity index (χ3n) is 7.45. The van der Waals surface area contributed by atoms with E-state index in [2.05, 4.69) is 73.9 Å². The van der Waals surface area contributed by atoms with Crippen LogP contribution in [-0.4, -0.2) is 45.0 Å². The maximum atomic E-state index is 12.4. The second kappa shape index (κ2) is 8.95. The average molecular weight is 472 g/mol. The third kappa shape index (κ3) is 4.54. The van der Waals surface area contributed by atoms with Crippen LogP contribution in [0.2, 0.25) is 0 Å². The molecule has 2 N–H and O–H groups in total. The first-order chi connectivity index (χ1) is 16.4. The lowest BCUT2D eigenvalue weighted by Gasteiger charge is -2.56. The van der Waals surface area contributed by atoms with Gasteiger partial charge in [-0.05, 0) is 61.7 Å². The lowest BCUT2D eigenvalue weighted by atomic mass is 9.62. The highest BCUT2D eigenvalue weighted by molar-refractivity contribution is 5.47. The van der Waals surface area contributed by atoms with E-state index in [9.17, 15) is 10.2 Å². The van der Waals surface area contributed by atoms with Crippen molar-refractivity contribution in [3.8, 4) is 11.8 Å². The number of hydrogen-bond acceptors (Lipinski definition) is 4. The molecule has 1 fully saturated rings. The summed E-state index contributed by atoms with van der Waals surface area (Å²) in [6.07, 6.45) is 0. The van der Waals surface area contributed by atoms with E-state index in [-0.39, 0.29) is 5.41 Å². The monoisotopic (exact) mass is 471 g/mol. The van der Waals surface area contributed by atoms with Crippen LogP contribution < -0.4 is 0 Å². The number of aryl methyl sites for hydroxylation is 2. The fourth-order valence-electron chi connectivity index (χ4n) is 5.23. The summed E-state index contributed by atoms with van der Waals surface area (Å²) < 4.78 is 1.73. The molecule has 0 radical (unpaired) electrons. The van der Waals surface area contributed by atoms with Crippen LogP contribution in [0.3, 0.4) is 0 Å². The van der Waals surface area contributed by atoms with Gasteiger partial charge >= 0.3 is 0 Å². The van der Waals surface area contributed by atoms with Crippen molar-refractivity contribution in [2.75, 3.05) is 20.1 Å². The molecule has 1 aliphatic rings. The lowest BCUT2D eigenvalue weighted by molar-refractivity contribution is -0.127. The normalized spacial score (nSPS) is 18.8. The second-order valence-corrected chi connectivity index (χ2v) is 10.9. The van der Waals surface area contributed by atoms with E-state index in [4.69, 9.17) is 0 Å². The van der Waals surface area contributed by atoms with Crippen LogP contribution in [0.4, 0.5) is 0 Å². The Balaban J connectivity index is 1.75. The summed E-state index contributed by atoms with van der Waals surface area (Å²) in [6, 6.07) is 18.0. The highest BCUT2D eigenvalue weighted by Gasteiger charge is 2.55. The van der Waals surface area contributed by atoms with Gasteiger partial charge in [0.1, 0.15) is 11.3 Å². The van der Waals surface area contributed by atoms with Crippen molar-refractivity contribution in [3.63, 3.8) is 0 Å². The Morgan fingerprint density at radius 3 is 2.20 bits per heavy atom.